The standard InChI is InChI=1S/C22H21N5O2/c28-22-17(21-26-20(29-27-21)9-8-19-23-10-11-24-19)13-16-12-15(6-7-18(16)25-22)14-4-2-1-3-5-14/h1-5,10-11,13,15H,6-9,12H2,(H,23,24)(H,25,28). The Morgan fingerprint density at radius 2 is 2.07 bits per heavy atom. The molecule has 2 N–H and O–H groups in total. The Kier molecular flexibility index (Phi) is 4.56. The van der Waals surface area contributed by atoms with Gasteiger partial charge >= 0.3 is 0 Å². The van der Waals surface area contributed by atoms with Crippen LogP contribution >= 0.6 is 0 Å². The molecule has 7 heteroatoms. The van der Waals surface area contributed by atoms with Crippen LogP contribution in [-0.4, -0.2) is 25.1 Å². The molecule has 1 atom stereocenters. The summed E-state index contributed by atoms with van der Waals surface area (Å²) in [6, 6.07) is 12.5. The molecule has 1 aliphatic rings. The molecule has 4 aromatic rings. The lowest BCUT2D eigenvalue weighted by Crippen LogP contribution is -2.20. The van der Waals surface area contributed by atoms with E-state index in [2.05, 4.69) is 49.4 Å². The van der Waals surface area contributed by atoms with Crippen LogP contribution in [0.2, 0.25) is 0 Å². The Morgan fingerprint density at radius 1 is 1.17 bits per heavy atom. The van der Waals surface area contributed by atoms with E-state index in [4.69, 9.17) is 4.52 Å². The number of H-pyrrole nitrogens is 2. The zero-order chi connectivity index (χ0) is 19.6. The molecule has 29 heavy (non-hydrogen) atoms. The highest BCUT2D eigenvalue weighted by Crippen LogP contribution is 2.32. The van der Waals surface area contributed by atoms with Gasteiger partial charge in [0.15, 0.2) is 0 Å². The van der Waals surface area contributed by atoms with E-state index in [1.165, 1.54) is 5.56 Å². The lowest BCUT2D eigenvalue weighted by molar-refractivity contribution is 0.378. The highest BCUT2D eigenvalue weighted by Gasteiger charge is 2.23. The molecule has 0 saturated carbocycles. The van der Waals surface area contributed by atoms with Gasteiger partial charge < -0.3 is 14.5 Å². The third kappa shape index (κ3) is 3.63. The van der Waals surface area contributed by atoms with Crippen molar-refractivity contribution < 1.29 is 4.52 Å². The zero-order valence-electron chi connectivity index (χ0n) is 15.9. The predicted octanol–water partition coefficient (Wildman–Crippen LogP) is 3.21. The summed E-state index contributed by atoms with van der Waals surface area (Å²) < 4.78 is 5.35. The molecule has 0 fully saturated rings. The van der Waals surface area contributed by atoms with Crippen LogP contribution in [0, 0.1) is 0 Å². The first-order valence-electron chi connectivity index (χ1n) is 9.87. The predicted molar refractivity (Wildman–Crippen MR) is 108 cm³/mol. The molecule has 3 aromatic heterocycles. The number of nitrogens with zero attached hydrogens (tertiary/aromatic N) is 3. The fourth-order valence-corrected chi connectivity index (χ4v) is 4.00. The highest BCUT2D eigenvalue weighted by atomic mass is 16.5. The third-order valence-electron chi connectivity index (χ3n) is 5.53. The maximum absolute atomic E-state index is 12.6. The van der Waals surface area contributed by atoms with Crippen LogP contribution in [0.5, 0.6) is 0 Å². The molecule has 1 unspecified atom stereocenters. The summed E-state index contributed by atoms with van der Waals surface area (Å²) in [7, 11) is 0. The van der Waals surface area contributed by atoms with Crippen molar-refractivity contribution in [3.05, 3.63) is 87.7 Å². The Bertz CT molecular complexity index is 1160. The Hall–Kier alpha value is -3.48. The van der Waals surface area contributed by atoms with Crippen LogP contribution in [0.25, 0.3) is 11.4 Å². The van der Waals surface area contributed by atoms with Crippen molar-refractivity contribution in [3.63, 3.8) is 0 Å². The highest BCUT2D eigenvalue weighted by molar-refractivity contribution is 5.55. The number of hydrogen-bond acceptors (Lipinski definition) is 5. The molecular formula is C22H21N5O2. The van der Waals surface area contributed by atoms with Crippen LogP contribution in [0.1, 0.15) is 40.9 Å². The van der Waals surface area contributed by atoms with Gasteiger partial charge in [-0.3, -0.25) is 4.79 Å². The molecule has 0 bridgehead atoms. The second-order valence-corrected chi connectivity index (χ2v) is 7.41. The number of imidazole rings is 1. The van der Waals surface area contributed by atoms with Gasteiger partial charge in [0.05, 0.1) is 5.56 Å². The van der Waals surface area contributed by atoms with Crippen LogP contribution in [-0.2, 0) is 25.7 Å². The van der Waals surface area contributed by atoms with Crippen molar-refractivity contribution in [2.45, 2.75) is 38.0 Å². The second-order valence-electron chi connectivity index (χ2n) is 7.41. The molecular weight excluding hydrogens is 366 g/mol. The normalized spacial score (nSPS) is 15.9. The van der Waals surface area contributed by atoms with Gasteiger partial charge in [0.2, 0.25) is 11.7 Å². The van der Waals surface area contributed by atoms with E-state index in [1.54, 1.807) is 12.4 Å². The molecule has 3 heterocycles. The molecule has 0 spiro atoms. The summed E-state index contributed by atoms with van der Waals surface area (Å²) >= 11 is 0. The van der Waals surface area contributed by atoms with E-state index >= 15 is 0 Å². The van der Waals surface area contributed by atoms with Gasteiger partial charge in [0.25, 0.3) is 5.56 Å². The maximum Gasteiger partial charge on any atom is 0.259 e. The van der Waals surface area contributed by atoms with Gasteiger partial charge in [0.1, 0.15) is 5.82 Å². The first-order valence-corrected chi connectivity index (χ1v) is 9.87. The van der Waals surface area contributed by atoms with Crippen LogP contribution in [0.3, 0.4) is 0 Å². The van der Waals surface area contributed by atoms with Gasteiger partial charge in [-0.2, -0.15) is 4.98 Å². The molecule has 0 amide bonds. The molecule has 0 radical (unpaired) electrons. The molecule has 0 aliphatic heterocycles. The minimum atomic E-state index is -0.166. The average Bonchev–Trinajstić information content (AvgIpc) is 3.44. The minimum Gasteiger partial charge on any atom is -0.349 e. The third-order valence-corrected chi connectivity index (χ3v) is 5.53. The van der Waals surface area contributed by atoms with Gasteiger partial charge in [-0.1, -0.05) is 35.5 Å². The van der Waals surface area contributed by atoms with Crippen LogP contribution in [0.4, 0.5) is 0 Å². The summed E-state index contributed by atoms with van der Waals surface area (Å²) in [5.41, 5.74) is 3.81. The van der Waals surface area contributed by atoms with Gasteiger partial charge in [-0.05, 0) is 42.4 Å². The van der Waals surface area contributed by atoms with Crippen molar-refractivity contribution in [3.8, 4) is 11.4 Å². The van der Waals surface area contributed by atoms with Crippen LogP contribution < -0.4 is 5.56 Å². The molecule has 5 rings (SSSR count). The Balaban J connectivity index is 1.38. The van der Waals surface area contributed by atoms with Gasteiger partial charge in [0, 0.05) is 30.9 Å². The topological polar surface area (TPSA) is 100 Å². The number of aromatic amines is 2. The Labute approximate surface area is 167 Å². The molecule has 7 nitrogen and oxygen atoms in total. The molecule has 146 valence electrons. The Morgan fingerprint density at radius 3 is 2.90 bits per heavy atom. The summed E-state index contributed by atoms with van der Waals surface area (Å²) in [5, 5.41) is 4.04. The summed E-state index contributed by atoms with van der Waals surface area (Å²) in [6.45, 7) is 0. The summed E-state index contributed by atoms with van der Waals surface area (Å²) in [5.74, 6) is 2.15. The number of aryl methyl sites for hydroxylation is 3. The van der Waals surface area contributed by atoms with E-state index < -0.39 is 0 Å². The lowest BCUT2D eigenvalue weighted by Gasteiger charge is -2.24. The SMILES string of the molecule is O=c1[nH]c2c(cc1-c1noc(CCc3ncc[nH]3)n1)CC(c1ccccc1)CC2. The van der Waals surface area contributed by atoms with Crippen molar-refractivity contribution in [2.24, 2.45) is 0 Å². The maximum atomic E-state index is 12.6. The van der Waals surface area contributed by atoms with E-state index in [9.17, 15) is 4.79 Å². The first-order chi connectivity index (χ1) is 14.3. The quantitative estimate of drug-likeness (QED) is 0.548. The van der Waals surface area contributed by atoms with E-state index in [1.807, 2.05) is 12.1 Å². The van der Waals surface area contributed by atoms with Gasteiger partial charge in [-0.25, -0.2) is 4.98 Å². The van der Waals surface area contributed by atoms with Crippen LogP contribution in [0.15, 0.2) is 58.1 Å². The summed E-state index contributed by atoms with van der Waals surface area (Å²) in [6.07, 6.45) is 7.53. The van der Waals surface area contributed by atoms with E-state index in [0.29, 0.717) is 36.0 Å². The van der Waals surface area contributed by atoms with Crippen molar-refractivity contribution in [2.75, 3.05) is 0 Å². The largest absolute Gasteiger partial charge is 0.349 e. The summed E-state index contributed by atoms with van der Waals surface area (Å²) in [4.78, 5) is 27.3. The smallest absolute Gasteiger partial charge is 0.259 e. The zero-order valence-corrected chi connectivity index (χ0v) is 15.9. The van der Waals surface area contributed by atoms with E-state index in [-0.39, 0.29) is 5.56 Å². The number of aromatic nitrogens is 5. The number of fused-ring (bicyclic) bond motifs is 1. The fourth-order valence-electron chi connectivity index (χ4n) is 4.00. The first kappa shape index (κ1) is 17.6. The number of pyridine rings is 1. The molecule has 1 aliphatic carbocycles. The minimum absolute atomic E-state index is 0.166. The number of nitrogens with one attached hydrogen (secondary N) is 2. The van der Waals surface area contributed by atoms with Crippen molar-refractivity contribution >= 4 is 0 Å². The molecule has 0 saturated heterocycles. The monoisotopic (exact) mass is 387 g/mol. The fraction of sp³-hybridized carbons (Fsp3) is 0.273. The van der Waals surface area contributed by atoms with Gasteiger partial charge in [-0.15, -0.1) is 0 Å². The average molecular weight is 387 g/mol. The lowest BCUT2D eigenvalue weighted by atomic mass is 9.82. The second kappa shape index (κ2) is 7.50. The van der Waals surface area contributed by atoms with E-state index in [0.717, 1.165) is 36.3 Å². The number of benzene rings is 1. The molecule has 1 aromatic carbocycles. The van der Waals surface area contributed by atoms with Crippen molar-refractivity contribution in [1.29, 1.82) is 0 Å². The number of hydrogen-bond donors (Lipinski definition) is 2. The van der Waals surface area contributed by atoms with Crippen molar-refractivity contribution in [1.82, 2.24) is 25.1 Å². The number of rotatable bonds is 5.